The molecule has 2 amide bonds. The highest BCUT2D eigenvalue weighted by molar-refractivity contribution is 5.83. The van der Waals surface area contributed by atoms with Crippen LogP contribution in [0.1, 0.15) is 47.0 Å². The molecule has 0 aromatic rings. The van der Waals surface area contributed by atoms with Gasteiger partial charge >= 0.3 is 12.0 Å². The molecule has 0 aromatic heterocycles. The van der Waals surface area contributed by atoms with E-state index in [1.165, 1.54) is 0 Å². The molecule has 4 atom stereocenters. The Morgan fingerprint density at radius 3 is 2.58 bits per heavy atom. The fraction of sp³-hybridized carbons (Fsp3) is 0.857. The van der Waals surface area contributed by atoms with Crippen molar-refractivity contribution in [2.24, 2.45) is 11.8 Å². The van der Waals surface area contributed by atoms with Gasteiger partial charge in [0, 0.05) is 12.6 Å². The molecule has 2 N–H and O–H groups in total. The Morgan fingerprint density at radius 1 is 1.42 bits per heavy atom. The molecule has 5 nitrogen and oxygen atoms in total. The molecule has 1 fully saturated rings. The summed E-state index contributed by atoms with van der Waals surface area (Å²) in [5, 5.41) is 11.9. The van der Waals surface area contributed by atoms with E-state index in [-0.39, 0.29) is 18.0 Å². The highest BCUT2D eigenvalue weighted by Gasteiger charge is 2.32. The van der Waals surface area contributed by atoms with Gasteiger partial charge in [0.05, 0.1) is 0 Å². The zero-order valence-electron chi connectivity index (χ0n) is 12.3. The molecule has 0 saturated carbocycles. The van der Waals surface area contributed by atoms with Crippen LogP contribution in [-0.2, 0) is 4.79 Å². The summed E-state index contributed by atoms with van der Waals surface area (Å²) in [6.07, 6.45) is 2.84. The number of piperidine rings is 1. The van der Waals surface area contributed by atoms with Crippen LogP contribution < -0.4 is 5.32 Å². The summed E-state index contributed by atoms with van der Waals surface area (Å²) in [4.78, 5) is 25.2. The molecular weight excluding hydrogens is 244 g/mol. The first kappa shape index (κ1) is 15.8. The van der Waals surface area contributed by atoms with E-state index in [9.17, 15) is 14.7 Å². The molecule has 5 heteroatoms. The van der Waals surface area contributed by atoms with Gasteiger partial charge in [-0.3, -0.25) is 0 Å². The van der Waals surface area contributed by atoms with Crippen LogP contribution >= 0.6 is 0 Å². The van der Waals surface area contributed by atoms with Crippen molar-refractivity contribution in [1.82, 2.24) is 10.2 Å². The zero-order valence-corrected chi connectivity index (χ0v) is 12.3. The van der Waals surface area contributed by atoms with Gasteiger partial charge in [0.15, 0.2) is 0 Å². The van der Waals surface area contributed by atoms with Crippen molar-refractivity contribution >= 4 is 12.0 Å². The predicted molar refractivity (Wildman–Crippen MR) is 74.0 cm³/mol. The van der Waals surface area contributed by atoms with Gasteiger partial charge in [0.25, 0.3) is 0 Å². The Balaban J connectivity index is 2.68. The van der Waals surface area contributed by atoms with Crippen molar-refractivity contribution in [2.45, 2.75) is 59.0 Å². The minimum Gasteiger partial charge on any atom is -0.480 e. The van der Waals surface area contributed by atoms with Crippen molar-refractivity contribution < 1.29 is 14.7 Å². The van der Waals surface area contributed by atoms with E-state index in [0.717, 1.165) is 19.3 Å². The van der Waals surface area contributed by atoms with E-state index < -0.39 is 12.0 Å². The first-order valence-electron chi connectivity index (χ1n) is 7.18. The molecule has 1 saturated heterocycles. The van der Waals surface area contributed by atoms with Crippen LogP contribution in [0.15, 0.2) is 0 Å². The number of hydrogen-bond donors (Lipinski definition) is 2. The fourth-order valence-electron chi connectivity index (χ4n) is 2.52. The van der Waals surface area contributed by atoms with Gasteiger partial charge < -0.3 is 15.3 Å². The van der Waals surface area contributed by atoms with Gasteiger partial charge in [-0.05, 0) is 31.6 Å². The van der Waals surface area contributed by atoms with Gasteiger partial charge in [-0.2, -0.15) is 0 Å². The number of hydrogen-bond acceptors (Lipinski definition) is 2. The lowest BCUT2D eigenvalue weighted by atomic mass is 9.92. The summed E-state index contributed by atoms with van der Waals surface area (Å²) in [5.74, 6) is -0.564. The Hall–Kier alpha value is -1.26. The summed E-state index contributed by atoms with van der Waals surface area (Å²) in [6.45, 7) is 8.65. The zero-order chi connectivity index (χ0) is 14.6. The first-order valence-corrected chi connectivity index (χ1v) is 7.18. The molecule has 19 heavy (non-hydrogen) atoms. The number of nitrogens with one attached hydrogen (secondary N) is 1. The molecule has 1 heterocycles. The predicted octanol–water partition coefficient (Wildman–Crippen LogP) is 2.32. The van der Waals surface area contributed by atoms with E-state index in [2.05, 4.69) is 12.2 Å². The molecule has 1 aliphatic heterocycles. The number of carboxylic acid groups (broad SMARTS) is 1. The van der Waals surface area contributed by atoms with Gasteiger partial charge in [-0.1, -0.05) is 27.2 Å². The van der Waals surface area contributed by atoms with Crippen LogP contribution in [0.5, 0.6) is 0 Å². The molecule has 1 aliphatic rings. The number of urea groups is 1. The monoisotopic (exact) mass is 270 g/mol. The van der Waals surface area contributed by atoms with Crippen LogP contribution in [0.4, 0.5) is 4.79 Å². The Labute approximate surface area is 115 Å². The lowest BCUT2D eigenvalue weighted by Crippen LogP contribution is -2.55. The maximum Gasteiger partial charge on any atom is 0.326 e. The molecule has 0 spiro atoms. The molecule has 0 bridgehead atoms. The Morgan fingerprint density at radius 2 is 2.05 bits per heavy atom. The van der Waals surface area contributed by atoms with E-state index in [0.29, 0.717) is 12.5 Å². The van der Waals surface area contributed by atoms with Gasteiger partial charge in [-0.25, -0.2) is 9.59 Å². The average Bonchev–Trinajstić information content (AvgIpc) is 2.37. The third kappa shape index (κ3) is 3.85. The summed E-state index contributed by atoms with van der Waals surface area (Å²) in [6, 6.07) is -0.881. The number of aliphatic carboxylic acids is 1. The topological polar surface area (TPSA) is 69.6 Å². The lowest BCUT2D eigenvalue weighted by Gasteiger charge is -2.38. The van der Waals surface area contributed by atoms with E-state index in [4.69, 9.17) is 0 Å². The summed E-state index contributed by atoms with van der Waals surface area (Å²) in [7, 11) is 0. The molecule has 0 aliphatic carbocycles. The van der Waals surface area contributed by atoms with Crippen molar-refractivity contribution in [1.29, 1.82) is 0 Å². The second-order valence-corrected chi connectivity index (χ2v) is 5.70. The smallest absolute Gasteiger partial charge is 0.326 e. The number of amides is 2. The van der Waals surface area contributed by atoms with Crippen LogP contribution in [0, 0.1) is 11.8 Å². The fourth-order valence-corrected chi connectivity index (χ4v) is 2.52. The standard InChI is InChI=1S/C14H26N2O3/c1-5-9(2)12(13(17)18)15-14(19)16-8-6-7-10(3)11(16)4/h9-12H,5-8H2,1-4H3,(H,15,19)(H,17,18)/t9?,10?,11?,12-/m0/s1. The van der Waals surface area contributed by atoms with Crippen molar-refractivity contribution in [3.63, 3.8) is 0 Å². The molecule has 3 unspecified atom stereocenters. The maximum atomic E-state index is 12.2. The highest BCUT2D eigenvalue weighted by Crippen LogP contribution is 2.23. The summed E-state index contributed by atoms with van der Waals surface area (Å²) < 4.78 is 0. The summed E-state index contributed by atoms with van der Waals surface area (Å²) >= 11 is 0. The number of nitrogens with zero attached hydrogens (tertiary/aromatic N) is 1. The van der Waals surface area contributed by atoms with Crippen LogP contribution in [-0.4, -0.2) is 40.6 Å². The summed E-state index contributed by atoms with van der Waals surface area (Å²) in [5.41, 5.74) is 0. The minimum atomic E-state index is -0.958. The molecule has 0 aromatic carbocycles. The molecular formula is C14H26N2O3. The van der Waals surface area contributed by atoms with Gasteiger partial charge in [0.1, 0.15) is 6.04 Å². The van der Waals surface area contributed by atoms with Crippen LogP contribution in [0.25, 0.3) is 0 Å². The lowest BCUT2D eigenvalue weighted by molar-refractivity contribution is -0.140. The number of rotatable bonds is 4. The SMILES string of the molecule is CCC(C)[C@H](NC(=O)N1CCCC(C)C1C)C(=O)O. The van der Waals surface area contributed by atoms with Crippen molar-refractivity contribution in [3.8, 4) is 0 Å². The third-order valence-electron chi connectivity index (χ3n) is 4.39. The van der Waals surface area contributed by atoms with E-state index >= 15 is 0 Å². The van der Waals surface area contributed by atoms with E-state index in [1.807, 2.05) is 20.8 Å². The maximum absolute atomic E-state index is 12.2. The highest BCUT2D eigenvalue weighted by atomic mass is 16.4. The third-order valence-corrected chi connectivity index (χ3v) is 4.39. The van der Waals surface area contributed by atoms with Gasteiger partial charge in [-0.15, -0.1) is 0 Å². The largest absolute Gasteiger partial charge is 0.480 e. The Bertz CT molecular complexity index is 333. The molecule has 0 radical (unpaired) electrons. The molecule has 1 rings (SSSR count). The number of carboxylic acids is 1. The normalized spacial score (nSPS) is 26.6. The van der Waals surface area contributed by atoms with Crippen LogP contribution in [0.2, 0.25) is 0 Å². The Kier molecular flexibility index (Phi) is 5.63. The second kappa shape index (κ2) is 6.78. The van der Waals surface area contributed by atoms with Crippen LogP contribution in [0.3, 0.4) is 0 Å². The first-order chi connectivity index (χ1) is 8.88. The number of carbonyl (C=O) groups is 2. The minimum absolute atomic E-state index is 0.0704. The number of likely N-dealkylation sites (tertiary alicyclic amines) is 1. The second-order valence-electron chi connectivity index (χ2n) is 5.70. The average molecular weight is 270 g/mol. The molecule has 110 valence electrons. The number of carbonyl (C=O) groups excluding carboxylic acids is 1. The van der Waals surface area contributed by atoms with E-state index in [1.54, 1.807) is 4.90 Å². The van der Waals surface area contributed by atoms with Crippen molar-refractivity contribution in [2.75, 3.05) is 6.54 Å². The van der Waals surface area contributed by atoms with Gasteiger partial charge in [0.2, 0.25) is 0 Å². The quantitative estimate of drug-likeness (QED) is 0.823. The van der Waals surface area contributed by atoms with Crippen molar-refractivity contribution in [3.05, 3.63) is 0 Å².